The van der Waals surface area contributed by atoms with E-state index in [1.54, 1.807) is 12.1 Å². The Labute approximate surface area is 162 Å². The molecule has 0 spiro atoms. The molecular weight excluding hydrogens is 367 g/mol. The molecule has 2 aliphatic heterocycles. The summed E-state index contributed by atoms with van der Waals surface area (Å²) < 4.78 is 40.1. The first-order chi connectivity index (χ1) is 13.5. The molecule has 0 N–H and O–H groups in total. The van der Waals surface area contributed by atoms with Gasteiger partial charge in [-0.15, -0.1) is 0 Å². The van der Waals surface area contributed by atoms with Crippen molar-refractivity contribution in [1.29, 1.82) is 0 Å². The van der Waals surface area contributed by atoms with Gasteiger partial charge >= 0.3 is 0 Å². The molecule has 0 atom stereocenters. The molecule has 1 aromatic heterocycles. The maximum Gasteiger partial charge on any atom is 0.251 e. The summed E-state index contributed by atoms with van der Waals surface area (Å²) in [6.45, 7) is 4.67. The minimum atomic E-state index is -2.57. The fourth-order valence-corrected chi connectivity index (χ4v) is 3.77. The number of halogens is 3. The van der Waals surface area contributed by atoms with Crippen LogP contribution in [0.2, 0.25) is 0 Å². The molecule has 150 valence electrons. The lowest BCUT2D eigenvalue weighted by Gasteiger charge is -2.36. The molecule has 3 heterocycles. The van der Waals surface area contributed by atoms with Gasteiger partial charge in [0.15, 0.2) is 0 Å². The molecule has 0 bridgehead atoms. The molecule has 0 unspecified atom stereocenters. The highest BCUT2D eigenvalue weighted by atomic mass is 19.3. The van der Waals surface area contributed by atoms with E-state index in [1.165, 1.54) is 12.4 Å². The van der Waals surface area contributed by atoms with Crippen LogP contribution in [-0.2, 0) is 6.54 Å². The Kier molecular flexibility index (Phi) is 5.39. The van der Waals surface area contributed by atoms with E-state index in [2.05, 4.69) is 19.8 Å². The average Bonchev–Trinajstić information content (AvgIpc) is 2.69. The van der Waals surface area contributed by atoms with Crippen LogP contribution in [0.3, 0.4) is 0 Å². The van der Waals surface area contributed by atoms with Crippen molar-refractivity contribution in [2.24, 2.45) is 0 Å². The summed E-state index contributed by atoms with van der Waals surface area (Å²) in [6, 6.07) is 8.60. The molecule has 2 fully saturated rings. The van der Waals surface area contributed by atoms with Gasteiger partial charge in [0.1, 0.15) is 23.8 Å². The Balaban J connectivity index is 1.34. The normalized spacial score (nSPS) is 20.4. The van der Waals surface area contributed by atoms with Crippen LogP contribution in [-0.4, -0.2) is 60.1 Å². The molecule has 4 rings (SSSR count). The zero-order chi connectivity index (χ0) is 19.6. The van der Waals surface area contributed by atoms with Gasteiger partial charge in [0.25, 0.3) is 5.92 Å². The van der Waals surface area contributed by atoms with Crippen LogP contribution in [0.15, 0.2) is 36.7 Å². The van der Waals surface area contributed by atoms with E-state index in [1.807, 2.05) is 17.0 Å². The molecule has 8 heteroatoms. The van der Waals surface area contributed by atoms with E-state index in [9.17, 15) is 13.2 Å². The van der Waals surface area contributed by atoms with Gasteiger partial charge in [-0.25, -0.2) is 23.1 Å². The van der Waals surface area contributed by atoms with Gasteiger partial charge in [-0.05, 0) is 17.7 Å². The molecule has 0 radical (unpaired) electrons. The summed E-state index contributed by atoms with van der Waals surface area (Å²) >= 11 is 0. The number of aromatic nitrogens is 2. The first-order valence-corrected chi connectivity index (χ1v) is 9.65. The van der Waals surface area contributed by atoms with Crippen LogP contribution in [0.25, 0.3) is 0 Å². The van der Waals surface area contributed by atoms with Gasteiger partial charge in [0.05, 0.1) is 0 Å². The van der Waals surface area contributed by atoms with Crippen LogP contribution < -0.4 is 9.80 Å². The zero-order valence-corrected chi connectivity index (χ0v) is 15.7. The molecular formula is C20H24F3N5. The highest BCUT2D eigenvalue weighted by Crippen LogP contribution is 2.30. The molecule has 2 aromatic rings. The third kappa shape index (κ3) is 4.55. The SMILES string of the molecule is Fc1cccc(CN2CCN(c3cc(N4CCC(F)(F)CC4)ncn3)CC2)c1. The van der Waals surface area contributed by atoms with Gasteiger partial charge in [-0.2, -0.15) is 0 Å². The molecule has 0 aliphatic carbocycles. The van der Waals surface area contributed by atoms with Gasteiger partial charge < -0.3 is 9.80 Å². The number of piperidine rings is 1. The van der Waals surface area contributed by atoms with E-state index in [4.69, 9.17) is 0 Å². The lowest BCUT2D eigenvalue weighted by atomic mass is 10.1. The summed E-state index contributed by atoms with van der Waals surface area (Å²) in [6.07, 6.45) is 1.24. The Morgan fingerprint density at radius 2 is 1.50 bits per heavy atom. The third-order valence-electron chi connectivity index (χ3n) is 5.45. The van der Waals surface area contributed by atoms with E-state index in [0.717, 1.165) is 44.1 Å². The van der Waals surface area contributed by atoms with Crippen LogP contribution in [0.1, 0.15) is 18.4 Å². The Hall–Kier alpha value is -2.35. The summed E-state index contributed by atoms with van der Waals surface area (Å²) in [7, 11) is 0. The van der Waals surface area contributed by atoms with E-state index < -0.39 is 5.92 Å². The maximum atomic E-state index is 13.4. The number of hydrogen-bond acceptors (Lipinski definition) is 5. The number of alkyl halides is 2. The summed E-state index contributed by atoms with van der Waals surface area (Å²) in [5.74, 6) is -1.24. The number of anilines is 2. The van der Waals surface area contributed by atoms with Crippen molar-refractivity contribution in [3.05, 3.63) is 48.0 Å². The molecule has 5 nitrogen and oxygen atoms in total. The number of nitrogens with zero attached hydrogens (tertiary/aromatic N) is 5. The predicted molar refractivity (Wildman–Crippen MR) is 102 cm³/mol. The molecule has 0 saturated carbocycles. The first kappa shape index (κ1) is 19.0. The summed E-state index contributed by atoms with van der Waals surface area (Å²) in [4.78, 5) is 15.0. The van der Waals surface area contributed by atoms with Gasteiger partial charge in [-0.3, -0.25) is 4.90 Å². The molecule has 0 amide bonds. The minimum absolute atomic E-state index is 0.134. The van der Waals surface area contributed by atoms with Crippen molar-refractivity contribution in [3.63, 3.8) is 0 Å². The number of rotatable bonds is 4. The second kappa shape index (κ2) is 7.95. The largest absolute Gasteiger partial charge is 0.356 e. The van der Waals surface area contributed by atoms with Crippen LogP contribution in [0.5, 0.6) is 0 Å². The van der Waals surface area contributed by atoms with Crippen LogP contribution in [0, 0.1) is 5.82 Å². The first-order valence-electron chi connectivity index (χ1n) is 9.65. The van der Waals surface area contributed by atoms with E-state index >= 15 is 0 Å². The second-order valence-corrected chi connectivity index (χ2v) is 7.47. The van der Waals surface area contributed by atoms with Crippen molar-refractivity contribution in [2.45, 2.75) is 25.3 Å². The summed E-state index contributed by atoms with van der Waals surface area (Å²) in [5, 5.41) is 0. The lowest BCUT2D eigenvalue weighted by molar-refractivity contribution is -0.0221. The lowest BCUT2D eigenvalue weighted by Crippen LogP contribution is -2.46. The van der Waals surface area contributed by atoms with Crippen molar-refractivity contribution < 1.29 is 13.2 Å². The van der Waals surface area contributed by atoms with Crippen molar-refractivity contribution in [3.8, 4) is 0 Å². The van der Waals surface area contributed by atoms with E-state index in [0.29, 0.717) is 18.9 Å². The highest BCUT2D eigenvalue weighted by Gasteiger charge is 2.34. The molecule has 2 saturated heterocycles. The monoisotopic (exact) mass is 391 g/mol. The second-order valence-electron chi connectivity index (χ2n) is 7.47. The Morgan fingerprint density at radius 3 is 2.14 bits per heavy atom. The smallest absolute Gasteiger partial charge is 0.251 e. The maximum absolute atomic E-state index is 13.4. The molecule has 2 aliphatic rings. The minimum Gasteiger partial charge on any atom is -0.356 e. The average molecular weight is 391 g/mol. The fourth-order valence-electron chi connectivity index (χ4n) is 3.77. The van der Waals surface area contributed by atoms with E-state index in [-0.39, 0.29) is 18.7 Å². The number of piperazine rings is 1. The highest BCUT2D eigenvalue weighted by molar-refractivity contribution is 5.50. The van der Waals surface area contributed by atoms with Gasteiger partial charge in [0, 0.05) is 64.7 Å². The quantitative estimate of drug-likeness (QED) is 0.800. The summed E-state index contributed by atoms with van der Waals surface area (Å²) in [5.41, 5.74) is 0.972. The molecule has 28 heavy (non-hydrogen) atoms. The fraction of sp³-hybridized carbons (Fsp3) is 0.500. The number of benzene rings is 1. The van der Waals surface area contributed by atoms with Gasteiger partial charge in [0.2, 0.25) is 0 Å². The predicted octanol–water partition coefficient (Wildman–Crippen LogP) is 3.17. The van der Waals surface area contributed by atoms with Crippen molar-refractivity contribution in [2.75, 3.05) is 49.1 Å². The van der Waals surface area contributed by atoms with Crippen molar-refractivity contribution >= 4 is 11.6 Å². The Morgan fingerprint density at radius 1 is 0.857 bits per heavy atom. The van der Waals surface area contributed by atoms with Crippen LogP contribution in [0.4, 0.5) is 24.8 Å². The third-order valence-corrected chi connectivity index (χ3v) is 5.45. The topological polar surface area (TPSA) is 35.5 Å². The standard InChI is InChI=1S/C20H24F3N5/c21-17-3-1-2-16(12-17)14-26-8-10-28(11-9-26)19-13-18(24-15-25-19)27-6-4-20(22,23)5-7-27/h1-3,12-13,15H,4-11,14H2. The Bertz CT molecular complexity index is 798. The van der Waals surface area contributed by atoms with Gasteiger partial charge in [-0.1, -0.05) is 12.1 Å². The van der Waals surface area contributed by atoms with Crippen molar-refractivity contribution in [1.82, 2.24) is 14.9 Å². The number of hydrogen-bond donors (Lipinski definition) is 0. The molecule has 1 aromatic carbocycles. The zero-order valence-electron chi connectivity index (χ0n) is 15.7. The van der Waals surface area contributed by atoms with Crippen LogP contribution >= 0.6 is 0 Å².